The molecule has 0 aliphatic carbocycles. The van der Waals surface area contributed by atoms with E-state index in [0.29, 0.717) is 37.9 Å². The van der Waals surface area contributed by atoms with Gasteiger partial charge in [0, 0.05) is 38.5 Å². The first-order valence-corrected chi connectivity index (χ1v) is 8.95. The van der Waals surface area contributed by atoms with E-state index >= 15 is 0 Å². The number of nitrogen functional groups attached to an aromatic ring is 1. The smallest absolute Gasteiger partial charge is 0.313 e. The average molecular weight is 349 g/mol. The molecular weight excluding hydrogens is 322 g/mol. The first-order valence-electron chi connectivity index (χ1n) is 8.95. The number of carboxylic acids is 1. The average Bonchev–Trinajstić information content (AvgIpc) is 2.61. The first kappa shape index (κ1) is 17.9. The maximum absolute atomic E-state index is 12.3. The van der Waals surface area contributed by atoms with Crippen LogP contribution in [0.1, 0.15) is 26.2 Å². The molecule has 0 radical (unpaired) electrons. The lowest BCUT2D eigenvalue weighted by atomic mass is 9.69. The number of hydrogen-bond acceptors (Lipinski definition) is 7. The van der Waals surface area contributed by atoms with Crippen LogP contribution in [0, 0.1) is 5.41 Å². The minimum atomic E-state index is -0.795. The van der Waals surface area contributed by atoms with Crippen molar-refractivity contribution in [2.45, 2.75) is 32.2 Å². The van der Waals surface area contributed by atoms with Gasteiger partial charge in [0.25, 0.3) is 0 Å². The fourth-order valence-electron chi connectivity index (χ4n) is 4.21. The number of carboxylic acid groups (broad SMARTS) is 1. The van der Waals surface area contributed by atoms with Crippen LogP contribution in [0.15, 0.2) is 12.3 Å². The van der Waals surface area contributed by atoms with Crippen molar-refractivity contribution < 1.29 is 14.6 Å². The molecule has 25 heavy (non-hydrogen) atoms. The number of carbonyl (C=O) groups is 1. The number of nitrogens with two attached hydrogens (primary N) is 1. The van der Waals surface area contributed by atoms with Crippen LogP contribution >= 0.6 is 0 Å². The second kappa shape index (κ2) is 7.53. The van der Waals surface area contributed by atoms with Gasteiger partial charge in [0.15, 0.2) is 0 Å². The van der Waals surface area contributed by atoms with Gasteiger partial charge in [0.05, 0.1) is 6.61 Å². The number of aromatic nitrogens is 2. The van der Waals surface area contributed by atoms with Crippen LogP contribution < -0.4 is 10.6 Å². The predicted molar refractivity (Wildman–Crippen MR) is 94.4 cm³/mol. The monoisotopic (exact) mass is 349 g/mol. The summed E-state index contributed by atoms with van der Waals surface area (Å²) in [5, 5.41) is 10.1. The van der Waals surface area contributed by atoms with E-state index in [-0.39, 0.29) is 6.04 Å². The van der Waals surface area contributed by atoms with Gasteiger partial charge in [-0.2, -0.15) is 4.98 Å². The van der Waals surface area contributed by atoms with Crippen LogP contribution in [0.25, 0.3) is 0 Å². The van der Waals surface area contributed by atoms with Gasteiger partial charge < -0.3 is 20.5 Å². The van der Waals surface area contributed by atoms with Crippen LogP contribution in [0.3, 0.4) is 0 Å². The maximum atomic E-state index is 12.3. The van der Waals surface area contributed by atoms with Crippen LogP contribution in [0.5, 0.6) is 0 Å². The molecule has 2 aliphatic heterocycles. The van der Waals surface area contributed by atoms with Gasteiger partial charge in [-0.25, -0.2) is 4.98 Å². The zero-order chi connectivity index (χ0) is 17.9. The van der Waals surface area contributed by atoms with Crippen molar-refractivity contribution in [1.82, 2.24) is 14.9 Å². The van der Waals surface area contributed by atoms with E-state index < -0.39 is 11.4 Å². The van der Waals surface area contributed by atoms with Crippen molar-refractivity contribution in [3.8, 4) is 0 Å². The second-order valence-corrected chi connectivity index (χ2v) is 6.81. The van der Waals surface area contributed by atoms with Gasteiger partial charge in [0.1, 0.15) is 11.2 Å². The normalized spacial score (nSPS) is 27.1. The topological polar surface area (TPSA) is 105 Å². The molecule has 138 valence electrons. The lowest BCUT2D eigenvalue weighted by molar-refractivity contribution is -0.158. The molecule has 3 N–H and O–H groups in total. The third-order valence-electron chi connectivity index (χ3n) is 5.39. The van der Waals surface area contributed by atoms with E-state index in [1.807, 2.05) is 11.8 Å². The molecule has 1 aromatic rings. The molecule has 8 heteroatoms. The largest absolute Gasteiger partial charge is 0.481 e. The highest BCUT2D eigenvalue weighted by atomic mass is 16.5. The molecule has 0 bridgehead atoms. The Morgan fingerprint density at radius 3 is 3.08 bits per heavy atom. The lowest BCUT2D eigenvalue weighted by Crippen LogP contribution is -2.64. The lowest BCUT2D eigenvalue weighted by Gasteiger charge is -2.52. The fourth-order valence-corrected chi connectivity index (χ4v) is 4.21. The molecule has 1 aromatic heterocycles. The predicted octanol–water partition coefficient (Wildman–Crippen LogP) is 0.841. The van der Waals surface area contributed by atoms with Crippen LogP contribution in [0.4, 0.5) is 11.8 Å². The number of piperidine rings is 2. The molecule has 0 unspecified atom stereocenters. The maximum Gasteiger partial charge on any atom is 0.313 e. The number of anilines is 2. The standard InChI is InChI=1S/C17H27N5O3/c1-2-25-11-10-21-8-3-6-17(15(23)24)12-22(9-5-13(17)21)16-19-7-4-14(18)20-16/h4,7,13H,2-3,5-6,8-12H2,1H3,(H,23,24)(H2,18,19,20)/t13-,17+/m1/s1. The molecule has 3 heterocycles. The number of likely N-dealkylation sites (tertiary alicyclic amines) is 1. The molecular formula is C17H27N5O3. The Bertz CT molecular complexity index is 614. The molecule has 2 atom stereocenters. The number of rotatable bonds is 6. The first-order chi connectivity index (χ1) is 12.1. The molecule has 0 amide bonds. The van der Waals surface area contributed by atoms with Gasteiger partial charge in [-0.3, -0.25) is 9.69 Å². The summed E-state index contributed by atoms with van der Waals surface area (Å²) >= 11 is 0. The Morgan fingerprint density at radius 1 is 1.52 bits per heavy atom. The molecule has 0 aromatic carbocycles. The molecule has 2 saturated heterocycles. The third kappa shape index (κ3) is 3.55. The van der Waals surface area contributed by atoms with Crippen LogP contribution in [0.2, 0.25) is 0 Å². The van der Waals surface area contributed by atoms with Gasteiger partial charge in [-0.05, 0) is 38.8 Å². The Balaban J connectivity index is 1.80. The zero-order valence-corrected chi connectivity index (χ0v) is 14.7. The Morgan fingerprint density at radius 2 is 2.36 bits per heavy atom. The van der Waals surface area contributed by atoms with Gasteiger partial charge in [-0.15, -0.1) is 0 Å². The summed E-state index contributed by atoms with van der Waals surface area (Å²) in [4.78, 5) is 25.1. The van der Waals surface area contributed by atoms with Crippen molar-refractivity contribution in [1.29, 1.82) is 0 Å². The summed E-state index contributed by atoms with van der Waals surface area (Å²) in [6, 6.07) is 1.66. The highest BCUT2D eigenvalue weighted by molar-refractivity contribution is 5.77. The van der Waals surface area contributed by atoms with Crippen molar-refractivity contribution in [2.75, 3.05) is 50.0 Å². The van der Waals surface area contributed by atoms with Crippen molar-refractivity contribution in [2.24, 2.45) is 5.41 Å². The van der Waals surface area contributed by atoms with E-state index in [0.717, 1.165) is 32.5 Å². The van der Waals surface area contributed by atoms with E-state index in [4.69, 9.17) is 10.5 Å². The summed E-state index contributed by atoms with van der Waals surface area (Å²) in [5.74, 6) is 0.191. The minimum absolute atomic E-state index is 0.0246. The van der Waals surface area contributed by atoms with E-state index in [2.05, 4.69) is 14.9 Å². The van der Waals surface area contributed by atoms with E-state index in [9.17, 15) is 9.90 Å². The number of fused-ring (bicyclic) bond motifs is 1. The summed E-state index contributed by atoms with van der Waals surface area (Å²) in [7, 11) is 0. The third-order valence-corrected chi connectivity index (χ3v) is 5.39. The van der Waals surface area contributed by atoms with E-state index in [1.54, 1.807) is 12.3 Å². The van der Waals surface area contributed by atoms with Crippen LogP contribution in [-0.2, 0) is 9.53 Å². The van der Waals surface area contributed by atoms with Gasteiger partial charge in [0.2, 0.25) is 5.95 Å². The number of ether oxygens (including phenoxy) is 1. The molecule has 8 nitrogen and oxygen atoms in total. The summed E-state index contributed by atoms with van der Waals surface area (Å²) in [5.41, 5.74) is 4.97. The minimum Gasteiger partial charge on any atom is -0.481 e. The van der Waals surface area contributed by atoms with Crippen LogP contribution in [-0.4, -0.2) is 71.4 Å². The fraction of sp³-hybridized carbons (Fsp3) is 0.706. The Labute approximate surface area is 148 Å². The number of aliphatic carboxylic acids is 1. The SMILES string of the molecule is CCOCCN1CCC[C@]2(C(=O)O)CN(c3nccc(N)n3)CC[C@@H]12. The number of hydrogen-bond donors (Lipinski definition) is 2. The van der Waals surface area contributed by atoms with Crippen molar-refractivity contribution in [3.63, 3.8) is 0 Å². The summed E-state index contributed by atoms with van der Waals surface area (Å²) in [6.07, 6.45) is 3.94. The van der Waals surface area contributed by atoms with Crippen molar-refractivity contribution in [3.05, 3.63) is 12.3 Å². The van der Waals surface area contributed by atoms with E-state index in [1.165, 1.54) is 0 Å². The van der Waals surface area contributed by atoms with Gasteiger partial charge in [-0.1, -0.05) is 0 Å². The van der Waals surface area contributed by atoms with Gasteiger partial charge >= 0.3 is 5.97 Å². The summed E-state index contributed by atoms with van der Waals surface area (Å²) < 4.78 is 5.48. The van der Waals surface area contributed by atoms with Crippen molar-refractivity contribution >= 4 is 17.7 Å². The molecule has 3 rings (SSSR count). The number of nitrogens with zero attached hydrogens (tertiary/aromatic N) is 4. The second-order valence-electron chi connectivity index (χ2n) is 6.81. The summed E-state index contributed by atoms with van der Waals surface area (Å²) in [6.45, 7) is 6.16. The molecule has 2 aliphatic rings. The Hall–Kier alpha value is -1.93. The zero-order valence-electron chi connectivity index (χ0n) is 14.7. The molecule has 0 spiro atoms. The molecule has 2 fully saturated rings. The molecule has 0 saturated carbocycles. The Kier molecular flexibility index (Phi) is 5.39. The quantitative estimate of drug-likeness (QED) is 0.728. The highest BCUT2D eigenvalue weighted by Gasteiger charge is 2.53. The highest BCUT2D eigenvalue weighted by Crippen LogP contribution is 2.42.